The zero-order valence-electron chi connectivity index (χ0n) is 9.20. The van der Waals surface area contributed by atoms with Crippen molar-refractivity contribution < 1.29 is 18.7 Å². The molecule has 3 nitrogen and oxygen atoms in total. The lowest BCUT2D eigenvalue weighted by Gasteiger charge is -2.06. The van der Waals surface area contributed by atoms with Crippen molar-refractivity contribution in [2.75, 3.05) is 0 Å². The molecule has 0 spiro atoms. The van der Waals surface area contributed by atoms with Gasteiger partial charge in [-0.15, -0.1) is 0 Å². The zero-order chi connectivity index (χ0) is 12.1. The summed E-state index contributed by atoms with van der Waals surface area (Å²) in [6.07, 6.45) is -0.616. The lowest BCUT2D eigenvalue weighted by Crippen LogP contribution is -2.23. The van der Waals surface area contributed by atoms with E-state index in [1.807, 2.05) is 0 Å². The normalized spacial score (nSPS) is 10.2. The van der Waals surface area contributed by atoms with Gasteiger partial charge in [-0.3, -0.25) is 4.79 Å². The molecule has 0 saturated carbocycles. The predicted molar refractivity (Wildman–Crippen MR) is 56.3 cm³/mol. The monoisotopic (exact) mass is 224 g/mol. The fourth-order valence-corrected chi connectivity index (χ4v) is 1.17. The van der Waals surface area contributed by atoms with Crippen LogP contribution in [0.2, 0.25) is 0 Å². The first-order chi connectivity index (χ1) is 7.50. The molecule has 0 aliphatic carbocycles. The highest BCUT2D eigenvalue weighted by Crippen LogP contribution is 2.08. The minimum atomic E-state index is -0.918. The molecule has 0 radical (unpaired) electrons. The van der Waals surface area contributed by atoms with Crippen LogP contribution in [-0.2, 0) is 20.7 Å². The van der Waals surface area contributed by atoms with Crippen molar-refractivity contribution in [1.82, 2.24) is 0 Å². The van der Waals surface area contributed by atoms with E-state index in [-0.39, 0.29) is 18.1 Å². The Morgan fingerprint density at radius 2 is 1.94 bits per heavy atom. The first-order valence-corrected chi connectivity index (χ1v) is 4.98. The number of esters is 1. The Balaban J connectivity index is 2.65. The van der Waals surface area contributed by atoms with E-state index in [2.05, 4.69) is 0 Å². The van der Waals surface area contributed by atoms with Crippen molar-refractivity contribution in [3.05, 3.63) is 35.6 Å². The first kappa shape index (κ1) is 12.4. The molecular weight excluding hydrogens is 211 g/mol. The molecule has 86 valence electrons. The van der Waals surface area contributed by atoms with Gasteiger partial charge in [0.1, 0.15) is 5.82 Å². The van der Waals surface area contributed by atoms with Crippen LogP contribution in [0.1, 0.15) is 19.4 Å². The third-order valence-electron chi connectivity index (χ3n) is 1.88. The maximum absolute atomic E-state index is 13.2. The second-order valence-corrected chi connectivity index (χ2v) is 3.65. The number of ether oxygens (including phenoxy) is 1. The number of hydrogen-bond acceptors (Lipinski definition) is 3. The van der Waals surface area contributed by atoms with Crippen molar-refractivity contribution in [1.29, 1.82) is 0 Å². The van der Waals surface area contributed by atoms with E-state index in [1.54, 1.807) is 19.9 Å². The van der Waals surface area contributed by atoms with Gasteiger partial charge in [0.15, 0.2) is 0 Å². The van der Waals surface area contributed by atoms with Gasteiger partial charge in [-0.2, -0.15) is 0 Å². The molecule has 0 amide bonds. The topological polar surface area (TPSA) is 43.4 Å². The summed E-state index contributed by atoms with van der Waals surface area (Å²) < 4.78 is 17.9. The molecule has 0 aliphatic heterocycles. The van der Waals surface area contributed by atoms with E-state index >= 15 is 0 Å². The van der Waals surface area contributed by atoms with Crippen LogP contribution in [0, 0.1) is 5.82 Å². The van der Waals surface area contributed by atoms with E-state index in [1.165, 1.54) is 18.2 Å². The molecule has 0 unspecified atom stereocenters. The summed E-state index contributed by atoms with van der Waals surface area (Å²) in [5.41, 5.74) is 0.202. The zero-order valence-corrected chi connectivity index (χ0v) is 9.20. The molecule has 0 aliphatic rings. The Morgan fingerprint density at radius 1 is 1.31 bits per heavy atom. The molecule has 0 aromatic heterocycles. The highest BCUT2D eigenvalue weighted by molar-refractivity contribution is 6.34. The molecule has 4 heteroatoms. The molecule has 16 heavy (non-hydrogen) atoms. The molecular formula is C12H13FO3. The Morgan fingerprint density at radius 3 is 2.50 bits per heavy atom. The quantitative estimate of drug-likeness (QED) is 0.579. The number of halogens is 1. The number of Topliss-reactive ketones (excluding diaryl/α,β-unsaturated/α-hetero) is 1. The van der Waals surface area contributed by atoms with Crippen LogP contribution >= 0.6 is 0 Å². The van der Waals surface area contributed by atoms with Gasteiger partial charge in [0, 0.05) is 6.42 Å². The van der Waals surface area contributed by atoms with Gasteiger partial charge >= 0.3 is 5.97 Å². The van der Waals surface area contributed by atoms with E-state index in [4.69, 9.17) is 4.74 Å². The van der Waals surface area contributed by atoms with E-state index in [9.17, 15) is 14.0 Å². The third-order valence-corrected chi connectivity index (χ3v) is 1.88. The lowest BCUT2D eigenvalue weighted by molar-refractivity contribution is -0.156. The largest absolute Gasteiger partial charge is 0.457 e. The number of benzene rings is 1. The van der Waals surface area contributed by atoms with Crippen LogP contribution < -0.4 is 0 Å². The molecule has 0 bridgehead atoms. The molecule has 0 fully saturated rings. The van der Waals surface area contributed by atoms with Gasteiger partial charge in [-0.05, 0) is 25.5 Å². The van der Waals surface area contributed by atoms with Crippen molar-refractivity contribution in [3.8, 4) is 0 Å². The van der Waals surface area contributed by atoms with E-state index < -0.39 is 17.6 Å². The molecule has 0 heterocycles. The van der Waals surface area contributed by atoms with E-state index in [0.717, 1.165) is 0 Å². The number of carbonyl (C=O) groups excluding carboxylic acids is 2. The molecule has 1 aromatic carbocycles. The third kappa shape index (κ3) is 3.46. The number of rotatable bonds is 4. The number of ketones is 1. The second-order valence-electron chi connectivity index (χ2n) is 3.65. The van der Waals surface area contributed by atoms with Gasteiger partial charge in [0.05, 0.1) is 6.10 Å². The van der Waals surface area contributed by atoms with Crippen LogP contribution in [0.5, 0.6) is 0 Å². The van der Waals surface area contributed by atoms with Gasteiger partial charge in [0.25, 0.3) is 0 Å². The minimum absolute atomic E-state index is 0.202. The Labute approximate surface area is 93.2 Å². The van der Waals surface area contributed by atoms with Gasteiger partial charge < -0.3 is 4.74 Å². The summed E-state index contributed by atoms with van der Waals surface area (Å²) in [4.78, 5) is 22.5. The summed E-state index contributed by atoms with van der Waals surface area (Å²) in [7, 11) is 0. The smallest absolute Gasteiger partial charge is 0.375 e. The highest BCUT2D eigenvalue weighted by atomic mass is 19.1. The van der Waals surface area contributed by atoms with Crippen LogP contribution in [0.3, 0.4) is 0 Å². The minimum Gasteiger partial charge on any atom is -0.457 e. The summed E-state index contributed by atoms with van der Waals surface area (Å²) >= 11 is 0. The van der Waals surface area contributed by atoms with Crippen molar-refractivity contribution in [2.24, 2.45) is 0 Å². The molecule has 1 aromatic rings. The van der Waals surface area contributed by atoms with Crippen LogP contribution in [0.15, 0.2) is 24.3 Å². The fraction of sp³-hybridized carbons (Fsp3) is 0.333. The first-order valence-electron chi connectivity index (χ1n) is 4.98. The van der Waals surface area contributed by atoms with Crippen LogP contribution in [0.25, 0.3) is 0 Å². The molecule has 0 saturated heterocycles. The SMILES string of the molecule is CC(C)OC(=O)C(=O)Cc1ccccc1F. The summed E-state index contributed by atoms with van der Waals surface area (Å²) in [5, 5.41) is 0. The molecule has 1 rings (SSSR count). The number of hydrogen-bond donors (Lipinski definition) is 0. The fourth-order valence-electron chi connectivity index (χ4n) is 1.17. The Kier molecular flexibility index (Phi) is 4.17. The average Bonchev–Trinajstić information content (AvgIpc) is 2.20. The summed E-state index contributed by atoms with van der Waals surface area (Å²) in [6.45, 7) is 3.29. The Bertz CT molecular complexity index is 399. The Hall–Kier alpha value is -1.71. The van der Waals surface area contributed by atoms with E-state index in [0.29, 0.717) is 0 Å². The summed E-state index contributed by atoms with van der Waals surface area (Å²) in [5.74, 6) is -2.15. The number of carbonyl (C=O) groups is 2. The maximum atomic E-state index is 13.2. The van der Waals surface area contributed by atoms with Gasteiger partial charge in [-0.25, -0.2) is 9.18 Å². The average molecular weight is 224 g/mol. The standard InChI is InChI=1S/C12H13FO3/c1-8(2)16-12(15)11(14)7-9-5-3-4-6-10(9)13/h3-6,8H,7H2,1-2H3. The second kappa shape index (κ2) is 5.39. The lowest BCUT2D eigenvalue weighted by atomic mass is 10.1. The van der Waals surface area contributed by atoms with Crippen LogP contribution in [-0.4, -0.2) is 17.9 Å². The highest BCUT2D eigenvalue weighted by Gasteiger charge is 2.18. The van der Waals surface area contributed by atoms with Crippen LogP contribution in [0.4, 0.5) is 4.39 Å². The van der Waals surface area contributed by atoms with Crippen molar-refractivity contribution in [2.45, 2.75) is 26.4 Å². The van der Waals surface area contributed by atoms with Gasteiger partial charge in [-0.1, -0.05) is 18.2 Å². The molecule has 0 N–H and O–H groups in total. The van der Waals surface area contributed by atoms with Gasteiger partial charge in [0.2, 0.25) is 5.78 Å². The summed E-state index contributed by atoms with van der Waals surface area (Å²) in [6, 6.07) is 5.85. The van der Waals surface area contributed by atoms with Crippen molar-refractivity contribution in [3.63, 3.8) is 0 Å². The maximum Gasteiger partial charge on any atom is 0.375 e. The van der Waals surface area contributed by atoms with Crippen molar-refractivity contribution >= 4 is 11.8 Å². The molecule has 0 atom stereocenters. The predicted octanol–water partition coefficient (Wildman–Crippen LogP) is 1.89.